The molecule has 3 aromatic rings. The van der Waals surface area contributed by atoms with Crippen LogP contribution in [0.3, 0.4) is 0 Å². The number of imide groups is 2. The minimum Gasteiger partial charge on any atom is -0.490 e. The number of hydrogen-bond donors (Lipinski definition) is 1. The van der Waals surface area contributed by atoms with E-state index in [2.05, 4.69) is 5.32 Å². The first-order valence-corrected chi connectivity index (χ1v) is 12.3. The van der Waals surface area contributed by atoms with Crippen LogP contribution in [0.15, 0.2) is 60.2 Å². The van der Waals surface area contributed by atoms with Crippen molar-refractivity contribution in [3.63, 3.8) is 0 Å². The molecule has 40 heavy (non-hydrogen) atoms. The Morgan fingerprint density at radius 3 is 2.52 bits per heavy atom. The zero-order chi connectivity index (χ0) is 28.4. The quantitative estimate of drug-likeness (QED) is 0.179. The van der Waals surface area contributed by atoms with Gasteiger partial charge >= 0.3 is 6.03 Å². The summed E-state index contributed by atoms with van der Waals surface area (Å²) in [7, 11) is 0. The fraction of sp³-hybridized carbons (Fsp3) is 0.148. The largest absolute Gasteiger partial charge is 0.490 e. The number of amides is 4. The van der Waals surface area contributed by atoms with Crippen LogP contribution < -0.4 is 29.2 Å². The number of carbonyl (C=O) groups excluding carboxylic acids is 3. The van der Waals surface area contributed by atoms with E-state index in [0.29, 0.717) is 22.6 Å². The van der Waals surface area contributed by atoms with Crippen molar-refractivity contribution in [2.24, 2.45) is 0 Å². The average molecular weight is 566 g/mol. The van der Waals surface area contributed by atoms with E-state index in [9.17, 15) is 24.5 Å². The lowest BCUT2D eigenvalue weighted by Gasteiger charge is -2.26. The van der Waals surface area contributed by atoms with E-state index in [1.165, 1.54) is 42.5 Å². The Balaban J connectivity index is 1.42. The third-order valence-electron chi connectivity index (χ3n) is 5.89. The molecule has 204 valence electrons. The molecule has 2 heterocycles. The average Bonchev–Trinajstić information content (AvgIpc) is 3.39. The fourth-order valence-corrected chi connectivity index (χ4v) is 4.30. The van der Waals surface area contributed by atoms with Crippen LogP contribution >= 0.6 is 11.6 Å². The number of nitro groups is 1. The molecule has 0 radical (unpaired) electrons. The molecular weight excluding hydrogens is 546 g/mol. The van der Waals surface area contributed by atoms with E-state index < -0.39 is 22.8 Å². The summed E-state index contributed by atoms with van der Waals surface area (Å²) < 4.78 is 22.1. The van der Waals surface area contributed by atoms with Crippen molar-refractivity contribution in [3.8, 4) is 23.0 Å². The fourth-order valence-electron chi connectivity index (χ4n) is 4.03. The lowest BCUT2D eigenvalue weighted by molar-refractivity contribution is -0.384. The molecule has 1 saturated heterocycles. The molecule has 0 saturated carbocycles. The number of halogens is 1. The topological polar surface area (TPSA) is 147 Å². The van der Waals surface area contributed by atoms with E-state index in [4.69, 9.17) is 30.5 Å². The summed E-state index contributed by atoms with van der Waals surface area (Å²) >= 11 is 6.50. The van der Waals surface area contributed by atoms with Crippen LogP contribution in [0.4, 0.5) is 16.2 Å². The van der Waals surface area contributed by atoms with Gasteiger partial charge in [-0.25, -0.2) is 9.69 Å². The molecule has 13 heteroatoms. The van der Waals surface area contributed by atoms with Crippen molar-refractivity contribution >= 4 is 46.9 Å². The van der Waals surface area contributed by atoms with Crippen molar-refractivity contribution in [2.75, 3.05) is 18.3 Å². The summed E-state index contributed by atoms with van der Waals surface area (Å²) in [5, 5.41) is 13.2. The molecule has 12 nitrogen and oxygen atoms in total. The molecular formula is C27H20ClN3O9. The van der Waals surface area contributed by atoms with Crippen LogP contribution in [0.1, 0.15) is 18.1 Å². The second kappa shape index (κ2) is 10.9. The second-order valence-electron chi connectivity index (χ2n) is 8.47. The first-order valence-electron chi connectivity index (χ1n) is 11.9. The van der Waals surface area contributed by atoms with Gasteiger partial charge in [-0.15, -0.1) is 0 Å². The maximum Gasteiger partial charge on any atom is 0.335 e. The number of anilines is 1. The molecule has 0 bridgehead atoms. The molecule has 2 aliphatic heterocycles. The number of ether oxygens (including phenoxy) is 4. The van der Waals surface area contributed by atoms with E-state index >= 15 is 0 Å². The lowest BCUT2D eigenvalue weighted by Crippen LogP contribution is -2.54. The summed E-state index contributed by atoms with van der Waals surface area (Å²) in [4.78, 5) is 49.7. The third-order valence-corrected chi connectivity index (χ3v) is 6.17. The van der Waals surface area contributed by atoms with Crippen LogP contribution in [0.5, 0.6) is 23.0 Å². The van der Waals surface area contributed by atoms with Gasteiger partial charge < -0.3 is 18.9 Å². The van der Waals surface area contributed by atoms with Crippen LogP contribution in [0.25, 0.3) is 6.08 Å². The Hall–Kier alpha value is -5.10. The highest BCUT2D eigenvalue weighted by Gasteiger charge is 2.37. The van der Waals surface area contributed by atoms with Gasteiger partial charge in [0.05, 0.1) is 22.2 Å². The maximum atomic E-state index is 13.3. The Morgan fingerprint density at radius 2 is 1.80 bits per heavy atom. The number of hydrogen-bond acceptors (Lipinski definition) is 9. The van der Waals surface area contributed by atoms with Crippen LogP contribution in [0.2, 0.25) is 5.02 Å². The maximum absolute atomic E-state index is 13.3. The van der Waals surface area contributed by atoms with E-state index in [-0.39, 0.29) is 53.5 Å². The summed E-state index contributed by atoms with van der Waals surface area (Å²) in [5.74, 6) is -0.441. The number of carbonyl (C=O) groups is 3. The summed E-state index contributed by atoms with van der Waals surface area (Å²) in [6.45, 7) is 2.08. The number of nitro benzene ring substituents is 1. The number of nitrogens with zero attached hydrogens (tertiary/aromatic N) is 2. The number of barbiturate groups is 1. The molecule has 2 aliphatic rings. The molecule has 0 aliphatic carbocycles. The summed E-state index contributed by atoms with van der Waals surface area (Å²) in [6.07, 6.45) is 1.29. The van der Waals surface area contributed by atoms with Gasteiger partial charge in [0, 0.05) is 18.2 Å². The van der Waals surface area contributed by atoms with Gasteiger partial charge in [0.1, 0.15) is 12.2 Å². The van der Waals surface area contributed by atoms with Crippen molar-refractivity contribution in [1.29, 1.82) is 0 Å². The molecule has 0 atom stereocenters. The number of non-ortho nitro benzene ring substituents is 1. The van der Waals surface area contributed by atoms with Crippen LogP contribution in [-0.2, 0) is 16.2 Å². The number of benzene rings is 3. The van der Waals surface area contributed by atoms with Crippen molar-refractivity contribution in [1.82, 2.24) is 5.32 Å². The van der Waals surface area contributed by atoms with Gasteiger partial charge in [-0.05, 0) is 60.5 Å². The molecule has 5 rings (SSSR count). The van der Waals surface area contributed by atoms with Crippen molar-refractivity contribution < 1.29 is 38.3 Å². The van der Waals surface area contributed by atoms with E-state index in [1.807, 2.05) is 0 Å². The van der Waals surface area contributed by atoms with Crippen molar-refractivity contribution in [3.05, 3.63) is 86.4 Å². The summed E-state index contributed by atoms with van der Waals surface area (Å²) in [6, 6.07) is 12.5. The van der Waals surface area contributed by atoms with Gasteiger partial charge in [-0.1, -0.05) is 11.6 Å². The number of urea groups is 1. The summed E-state index contributed by atoms with van der Waals surface area (Å²) in [5.41, 5.74) is 0.834. The highest BCUT2D eigenvalue weighted by molar-refractivity contribution is 6.39. The van der Waals surface area contributed by atoms with E-state index in [0.717, 1.165) is 4.90 Å². The third kappa shape index (κ3) is 5.24. The lowest BCUT2D eigenvalue weighted by atomic mass is 10.1. The molecule has 1 fully saturated rings. The normalized spacial score (nSPS) is 15.3. The van der Waals surface area contributed by atoms with Crippen LogP contribution in [-0.4, -0.2) is 36.2 Å². The first-order chi connectivity index (χ1) is 19.2. The minimum absolute atomic E-state index is 0.0130. The van der Waals surface area contributed by atoms with Gasteiger partial charge in [-0.3, -0.25) is 25.0 Å². The predicted octanol–water partition coefficient (Wildman–Crippen LogP) is 4.62. The standard InChI is InChI=1S/C27H20ClN3O9/c1-2-37-23-11-16(10-20(28)24(23)38-13-15-3-5-17(6-4-15)31(35)36)9-19-25(32)29-27(34)30(26(19)33)18-7-8-21-22(12-18)40-14-39-21/h3-12H,2,13-14H2,1H3,(H,29,32,34)/b19-9+. The van der Waals surface area contributed by atoms with Gasteiger partial charge in [0.15, 0.2) is 23.0 Å². The zero-order valence-corrected chi connectivity index (χ0v) is 21.6. The Morgan fingerprint density at radius 1 is 1.05 bits per heavy atom. The molecule has 0 spiro atoms. The van der Waals surface area contributed by atoms with Gasteiger partial charge in [-0.2, -0.15) is 0 Å². The smallest absolute Gasteiger partial charge is 0.335 e. The predicted molar refractivity (Wildman–Crippen MR) is 142 cm³/mol. The zero-order valence-electron chi connectivity index (χ0n) is 20.8. The highest BCUT2D eigenvalue weighted by atomic mass is 35.5. The monoisotopic (exact) mass is 565 g/mol. The number of nitrogens with one attached hydrogen (secondary N) is 1. The Labute approximate surface area is 231 Å². The Bertz CT molecular complexity index is 1570. The minimum atomic E-state index is -0.908. The van der Waals surface area contributed by atoms with Crippen molar-refractivity contribution in [2.45, 2.75) is 13.5 Å². The van der Waals surface area contributed by atoms with Gasteiger partial charge in [0.25, 0.3) is 17.5 Å². The highest BCUT2D eigenvalue weighted by Crippen LogP contribution is 2.39. The molecule has 3 aromatic carbocycles. The molecule has 0 unspecified atom stereocenters. The SMILES string of the molecule is CCOc1cc(/C=C2\C(=O)NC(=O)N(c3ccc4c(c3)OCO4)C2=O)cc(Cl)c1OCc1ccc([N+](=O)[O-])cc1. The van der Waals surface area contributed by atoms with Crippen LogP contribution in [0, 0.1) is 10.1 Å². The molecule has 4 amide bonds. The Kier molecular flexibility index (Phi) is 7.25. The molecule has 1 N–H and O–H groups in total. The first kappa shape index (κ1) is 26.5. The second-order valence-corrected chi connectivity index (χ2v) is 8.88. The number of fused-ring (bicyclic) bond motifs is 1. The molecule has 0 aromatic heterocycles. The number of rotatable bonds is 8. The van der Waals surface area contributed by atoms with Gasteiger partial charge in [0.2, 0.25) is 6.79 Å². The van der Waals surface area contributed by atoms with E-state index in [1.54, 1.807) is 25.1 Å².